The molecule has 0 amide bonds. The van der Waals surface area contributed by atoms with Crippen molar-refractivity contribution in [3.63, 3.8) is 0 Å². The van der Waals surface area contributed by atoms with Gasteiger partial charge in [0.25, 0.3) is 0 Å². The Bertz CT molecular complexity index is 384. The first-order valence-corrected chi connectivity index (χ1v) is 6.91. The van der Waals surface area contributed by atoms with Crippen LogP contribution in [0.1, 0.15) is 26.7 Å². The van der Waals surface area contributed by atoms with E-state index in [1.54, 1.807) is 12.1 Å². The van der Waals surface area contributed by atoms with Crippen molar-refractivity contribution in [2.75, 3.05) is 31.6 Å². The molecule has 1 saturated heterocycles. The zero-order valence-corrected chi connectivity index (χ0v) is 11.6. The highest BCUT2D eigenvalue weighted by atomic mass is 19.1. The maximum Gasteiger partial charge on any atom is 0.123 e. The van der Waals surface area contributed by atoms with E-state index in [2.05, 4.69) is 16.8 Å². The molecule has 0 N–H and O–H groups in total. The third-order valence-corrected chi connectivity index (χ3v) is 4.02. The van der Waals surface area contributed by atoms with Gasteiger partial charge in [0.2, 0.25) is 0 Å². The van der Waals surface area contributed by atoms with Crippen molar-refractivity contribution in [2.24, 2.45) is 0 Å². The highest BCUT2D eigenvalue weighted by Gasteiger charge is 2.49. The maximum atomic E-state index is 12.9. The maximum absolute atomic E-state index is 12.9. The predicted molar refractivity (Wildman–Crippen MR) is 74.6 cm³/mol. The molecule has 1 aliphatic carbocycles. The molecule has 3 rings (SSSR count). The van der Waals surface area contributed by atoms with Crippen LogP contribution in [0.25, 0.3) is 0 Å². The lowest BCUT2D eigenvalue weighted by Crippen LogP contribution is -2.53. The topological polar surface area (TPSA) is 6.48 Å². The fourth-order valence-corrected chi connectivity index (χ4v) is 2.62. The van der Waals surface area contributed by atoms with Gasteiger partial charge < -0.3 is 4.90 Å². The second kappa shape index (κ2) is 5.27. The van der Waals surface area contributed by atoms with Crippen LogP contribution >= 0.6 is 0 Å². The highest BCUT2D eigenvalue weighted by molar-refractivity contribution is 5.48. The summed E-state index contributed by atoms with van der Waals surface area (Å²) >= 11 is 0. The van der Waals surface area contributed by atoms with Crippen LogP contribution < -0.4 is 4.90 Å². The van der Waals surface area contributed by atoms with Crippen molar-refractivity contribution in [1.29, 1.82) is 0 Å². The molecule has 0 unspecified atom stereocenters. The number of hydrogen-bond acceptors (Lipinski definition) is 2. The van der Waals surface area contributed by atoms with Gasteiger partial charge in [-0.25, -0.2) is 4.39 Å². The molecule has 1 spiro atoms. The molecule has 1 aliphatic heterocycles. The Kier molecular flexibility index (Phi) is 3.91. The molecule has 1 aromatic carbocycles. The summed E-state index contributed by atoms with van der Waals surface area (Å²) < 4.78 is 12.9. The summed E-state index contributed by atoms with van der Waals surface area (Å²) in [5, 5.41) is 0. The van der Waals surface area contributed by atoms with Crippen LogP contribution in [0.3, 0.4) is 0 Å². The van der Waals surface area contributed by atoms with Gasteiger partial charge in [-0.05, 0) is 44.2 Å². The van der Waals surface area contributed by atoms with Crippen LogP contribution in [0.15, 0.2) is 24.3 Å². The first-order chi connectivity index (χ1) is 8.70. The molecule has 100 valence electrons. The molecule has 2 aliphatic rings. The molecule has 2 nitrogen and oxygen atoms in total. The minimum atomic E-state index is -0.154. The molecule has 0 radical (unpaired) electrons. The average Bonchev–Trinajstić information content (AvgIpc) is 3.17. The molecule has 0 aromatic heterocycles. The highest BCUT2D eigenvalue weighted by Crippen LogP contribution is 2.43. The van der Waals surface area contributed by atoms with Crippen LogP contribution in [0.2, 0.25) is 0 Å². The molecular formula is C15H23FN2. The van der Waals surface area contributed by atoms with Crippen LogP contribution in [-0.2, 0) is 0 Å². The number of likely N-dealkylation sites (N-methyl/N-ethyl adjacent to an activating group) is 1. The third-order valence-electron chi connectivity index (χ3n) is 4.02. The molecule has 3 heteroatoms. The number of halogens is 1. The lowest BCUT2D eigenvalue weighted by atomic mass is 10.1. The molecule has 0 bridgehead atoms. The number of rotatable bonds is 1. The normalized spacial score (nSPS) is 21.4. The van der Waals surface area contributed by atoms with E-state index >= 15 is 0 Å². The second-order valence-corrected chi connectivity index (χ2v) is 5.04. The van der Waals surface area contributed by atoms with Gasteiger partial charge in [0.1, 0.15) is 5.82 Å². The monoisotopic (exact) mass is 250 g/mol. The first kappa shape index (κ1) is 13.3. The van der Waals surface area contributed by atoms with Crippen LogP contribution in [0.4, 0.5) is 10.1 Å². The zero-order chi connectivity index (χ0) is 13.2. The number of piperazine rings is 1. The van der Waals surface area contributed by atoms with Gasteiger partial charge >= 0.3 is 0 Å². The molecule has 0 atom stereocenters. The van der Waals surface area contributed by atoms with E-state index in [1.807, 2.05) is 26.0 Å². The SMILES string of the molecule is CC.CN1CCN(c2ccc(F)cc2)CC12CC2. The molecule has 2 fully saturated rings. The first-order valence-electron chi connectivity index (χ1n) is 6.91. The van der Waals surface area contributed by atoms with Crippen LogP contribution in [0, 0.1) is 5.82 Å². The Hall–Kier alpha value is -1.09. The van der Waals surface area contributed by atoms with Crippen molar-refractivity contribution in [3.05, 3.63) is 30.1 Å². The van der Waals surface area contributed by atoms with E-state index in [9.17, 15) is 4.39 Å². The van der Waals surface area contributed by atoms with E-state index in [4.69, 9.17) is 0 Å². The van der Waals surface area contributed by atoms with Crippen LogP contribution in [0.5, 0.6) is 0 Å². The van der Waals surface area contributed by atoms with Crippen molar-refractivity contribution in [2.45, 2.75) is 32.2 Å². The Morgan fingerprint density at radius 3 is 2.22 bits per heavy atom. The fraction of sp³-hybridized carbons (Fsp3) is 0.600. The number of nitrogens with zero attached hydrogens (tertiary/aromatic N) is 2. The minimum Gasteiger partial charge on any atom is -0.368 e. The molecule has 1 heterocycles. The number of benzene rings is 1. The summed E-state index contributed by atoms with van der Waals surface area (Å²) in [5.41, 5.74) is 1.58. The summed E-state index contributed by atoms with van der Waals surface area (Å²) in [6.07, 6.45) is 2.61. The van der Waals surface area contributed by atoms with Crippen molar-refractivity contribution < 1.29 is 4.39 Å². The van der Waals surface area contributed by atoms with Gasteiger partial charge in [-0.2, -0.15) is 0 Å². The number of hydrogen-bond donors (Lipinski definition) is 0. The van der Waals surface area contributed by atoms with E-state index < -0.39 is 0 Å². The van der Waals surface area contributed by atoms with E-state index in [1.165, 1.54) is 12.8 Å². The van der Waals surface area contributed by atoms with Gasteiger partial charge in [0, 0.05) is 30.9 Å². The second-order valence-electron chi connectivity index (χ2n) is 5.04. The molecule has 18 heavy (non-hydrogen) atoms. The lowest BCUT2D eigenvalue weighted by molar-refractivity contribution is 0.199. The minimum absolute atomic E-state index is 0.154. The molecular weight excluding hydrogens is 227 g/mol. The zero-order valence-electron chi connectivity index (χ0n) is 11.6. The average molecular weight is 250 g/mol. The summed E-state index contributed by atoms with van der Waals surface area (Å²) in [7, 11) is 2.22. The summed E-state index contributed by atoms with van der Waals surface area (Å²) in [4.78, 5) is 4.86. The van der Waals surface area contributed by atoms with E-state index in [-0.39, 0.29) is 5.82 Å². The summed E-state index contributed by atoms with van der Waals surface area (Å²) in [5.74, 6) is -0.154. The quantitative estimate of drug-likeness (QED) is 0.755. The van der Waals surface area contributed by atoms with Crippen molar-refractivity contribution >= 4 is 5.69 Å². The van der Waals surface area contributed by atoms with Gasteiger partial charge in [0.15, 0.2) is 0 Å². The van der Waals surface area contributed by atoms with E-state index in [0.29, 0.717) is 5.54 Å². The Morgan fingerprint density at radius 2 is 1.67 bits per heavy atom. The smallest absolute Gasteiger partial charge is 0.123 e. The van der Waals surface area contributed by atoms with E-state index in [0.717, 1.165) is 25.3 Å². The largest absolute Gasteiger partial charge is 0.368 e. The standard InChI is InChI=1S/C13H17FN2.C2H6/c1-15-8-9-16(10-13(15)6-7-13)12-4-2-11(14)3-5-12;1-2/h2-5H,6-10H2,1H3;1-2H3. The Labute approximate surface area is 109 Å². The summed E-state index contributed by atoms with van der Waals surface area (Å²) in [6, 6.07) is 6.87. The molecule has 1 saturated carbocycles. The predicted octanol–water partition coefficient (Wildman–Crippen LogP) is 3.14. The third kappa shape index (κ3) is 2.51. The fourth-order valence-electron chi connectivity index (χ4n) is 2.62. The van der Waals surface area contributed by atoms with Crippen molar-refractivity contribution in [1.82, 2.24) is 4.90 Å². The molecule has 1 aromatic rings. The number of anilines is 1. The van der Waals surface area contributed by atoms with Crippen molar-refractivity contribution in [3.8, 4) is 0 Å². The van der Waals surface area contributed by atoms with Crippen LogP contribution in [-0.4, -0.2) is 37.1 Å². The lowest BCUT2D eigenvalue weighted by Gasteiger charge is -2.41. The summed E-state index contributed by atoms with van der Waals surface area (Å²) in [6.45, 7) is 7.25. The Morgan fingerprint density at radius 1 is 1.06 bits per heavy atom. The van der Waals surface area contributed by atoms with Gasteiger partial charge in [-0.3, -0.25) is 4.90 Å². The Balaban J connectivity index is 0.000000574. The van der Waals surface area contributed by atoms with Gasteiger partial charge in [0.05, 0.1) is 0 Å². The van der Waals surface area contributed by atoms with Gasteiger partial charge in [-0.15, -0.1) is 0 Å². The van der Waals surface area contributed by atoms with Gasteiger partial charge in [-0.1, -0.05) is 13.8 Å².